The maximum absolute atomic E-state index is 4.07. The van der Waals surface area contributed by atoms with E-state index < -0.39 is 0 Å². The summed E-state index contributed by atoms with van der Waals surface area (Å²) in [5, 5.41) is 15.2. The highest BCUT2D eigenvalue weighted by Crippen LogP contribution is 2.14. The van der Waals surface area contributed by atoms with E-state index in [-0.39, 0.29) is 0 Å². The number of aromatic nitrogens is 4. The van der Waals surface area contributed by atoms with Crippen LogP contribution in [-0.2, 0) is 13.1 Å². The molecular formula is C14H15N5S. The van der Waals surface area contributed by atoms with Gasteiger partial charge in [-0.3, -0.25) is 0 Å². The number of nitrogens with one attached hydrogen (secondary N) is 1. The molecule has 1 N–H and O–H groups in total. The first-order valence-electron chi connectivity index (χ1n) is 6.41. The summed E-state index contributed by atoms with van der Waals surface area (Å²) in [7, 11) is 0. The van der Waals surface area contributed by atoms with Crippen LogP contribution in [0.2, 0.25) is 0 Å². The fraction of sp³-hybridized carbons (Fsp3) is 0.214. The second-order valence-electron chi connectivity index (χ2n) is 4.46. The third-order valence-electron chi connectivity index (χ3n) is 2.91. The monoisotopic (exact) mass is 285 g/mol. The van der Waals surface area contributed by atoms with E-state index in [0.29, 0.717) is 6.54 Å². The van der Waals surface area contributed by atoms with Crippen LogP contribution in [0.1, 0.15) is 15.6 Å². The number of hydrogen-bond acceptors (Lipinski definition) is 5. The van der Waals surface area contributed by atoms with Crippen molar-refractivity contribution in [2.75, 3.05) is 0 Å². The van der Waals surface area contributed by atoms with Crippen LogP contribution >= 0.6 is 11.3 Å². The lowest BCUT2D eigenvalue weighted by atomic mass is 10.3. The molecule has 1 aromatic carbocycles. The zero-order valence-electron chi connectivity index (χ0n) is 11.2. The molecule has 0 aliphatic rings. The van der Waals surface area contributed by atoms with Gasteiger partial charge in [0.15, 0.2) is 5.82 Å². The van der Waals surface area contributed by atoms with Gasteiger partial charge in [-0.05, 0) is 41.6 Å². The second kappa shape index (κ2) is 5.94. The van der Waals surface area contributed by atoms with E-state index in [0.717, 1.165) is 18.1 Å². The first-order valence-corrected chi connectivity index (χ1v) is 7.23. The lowest BCUT2D eigenvalue weighted by Crippen LogP contribution is -2.16. The molecule has 0 bridgehead atoms. The highest BCUT2D eigenvalue weighted by atomic mass is 32.1. The van der Waals surface area contributed by atoms with E-state index in [2.05, 4.69) is 39.9 Å². The van der Waals surface area contributed by atoms with Crippen LogP contribution in [0.15, 0.2) is 42.5 Å². The summed E-state index contributed by atoms with van der Waals surface area (Å²) >= 11 is 1.80. The molecule has 6 heteroatoms. The average molecular weight is 285 g/mol. The predicted octanol–water partition coefficient (Wildman–Crippen LogP) is 2.32. The molecule has 2 aromatic heterocycles. The summed E-state index contributed by atoms with van der Waals surface area (Å²) in [5.41, 5.74) is 0.973. The van der Waals surface area contributed by atoms with Gasteiger partial charge in [0.2, 0.25) is 0 Å². The van der Waals surface area contributed by atoms with Gasteiger partial charge in [-0.15, -0.1) is 16.4 Å². The van der Waals surface area contributed by atoms with Gasteiger partial charge >= 0.3 is 0 Å². The molecule has 0 unspecified atom stereocenters. The quantitative estimate of drug-likeness (QED) is 0.781. The molecule has 102 valence electrons. The smallest absolute Gasteiger partial charge is 0.170 e. The topological polar surface area (TPSA) is 55.6 Å². The maximum Gasteiger partial charge on any atom is 0.170 e. The minimum absolute atomic E-state index is 0.638. The first kappa shape index (κ1) is 13.0. The summed E-state index contributed by atoms with van der Waals surface area (Å²) in [6.07, 6.45) is 0. The highest BCUT2D eigenvalue weighted by molar-refractivity contribution is 7.11. The van der Waals surface area contributed by atoms with Crippen molar-refractivity contribution in [1.29, 1.82) is 0 Å². The van der Waals surface area contributed by atoms with E-state index in [1.807, 2.05) is 30.3 Å². The number of aryl methyl sites for hydroxylation is 1. The molecular weight excluding hydrogens is 270 g/mol. The Kier molecular flexibility index (Phi) is 3.85. The molecule has 3 rings (SSSR count). The van der Waals surface area contributed by atoms with Gasteiger partial charge in [-0.25, -0.2) is 0 Å². The fourth-order valence-electron chi connectivity index (χ4n) is 1.96. The minimum Gasteiger partial charge on any atom is -0.305 e. The van der Waals surface area contributed by atoms with Gasteiger partial charge in [0.1, 0.15) is 0 Å². The number of benzene rings is 1. The number of para-hydroxylation sites is 1. The molecule has 0 fully saturated rings. The third-order valence-corrected chi connectivity index (χ3v) is 3.91. The fourth-order valence-corrected chi connectivity index (χ4v) is 2.82. The minimum atomic E-state index is 0.638. The van der Waals surface area contributed by atoms with E-state index in [4.69, 9.17) is 0 Å². The van der Waals surface area contributed by atoms with Crippen molar-refractivity contribution in [2.24, 2.45) is 0 Å². The highest BCUT2D eigenvalue weighted by Gasteiger charge is 2.07. The SMILES string of the molecule is Cc1ccc(CNCc2nnnn2-c2ccccc2)s1. The second-order valence-corrected chi connectivity index (χ2v) is 5.83. The molecule has 0 amide bonds. The molecule has 0 spiro atoms. The van der Waals surface area contributed by atoms with Crippen molar-refractivity contribution in [1.82, 2.24) is 25.5 Å². The van der Waals surface area contributed by atoms with Crippen LogP contribution in [0.4, 0.5) is 0 Å². The number of thiophene rings is 1. The summed E-state index contributed by atoms with van der Waals surface area (Å²) < 4.78 is 1.76. The van der Waals surface area contributed by atoms with Crippen LogP contribution in [0.5, 0.6) is 0 Å². The summed E-state index contributed by atoms with van der Waals surface area (Å²) in [6, 6.07) is 14.2. The number of nitrogens with zero attached hydrogens (tertiary/aromatic N) is 4. The lowest BCUT2D eigenvalue weighted by Gasteiger charge is -2.05. The molecule has 3 aromatic rings. The van der Waals surface area contributed by atoms with Crippen LogP contribution < -0.4 is 5.32 Å². The Labute approximate surface area is 121 Å². The van der Waals surface area contributed by atoms with E-state index in [1.54, 1.807) is 16.0 Å². The molecule has 0 saturated carbocycles. The maximum atomic E-state index is 4.07. The van der Waals surface area contributed by atoms with E-state index in [1.165, 1.54) is 9.75 Å². The van der Waals surface area contributed by atoms with E-state index >= 15 is 0 Å². The molecule has 2 heterocycles. The van der Waals surface area contributed by atoms with Crippen molar-refractivity contribution in [2.45, 2.75) is 20.0 Å². The number of hydrogen-bond donors (Lipinski definition) is 1. The Morgan fingerprint density at radius 2 is 1.95 bits per heavy atom. The standard InChI is InChI=1S/C14H15N5S/c1-11-7-8-13(20-11)9-15-10-14-16-17-18-19(14)12-5-3-2-4-6-12/h2-8,15H,9-10H2,1H3. The van der Waals surface area contributed by atoms with Gasteiger partial charge in [0.25, 0.3) is 0 Å². The Morgan fingerprint density at radius 3 is 2.70 bits per heavy atom. The number of rotatable bonds is 5. The summed E-state index contributed by atoms with van der Waals surface area (Å²) in [5.74, 6) is 0.810. The van der Waals surface area contributed by atoms with Crippen LogP contribution in [0.25, 0.3) is 5.69 Å². The van der Waals surface area contributed by atoms with Crippen molar-refractivity contribution in [3.05, 3.63) is 58.0 Å². The Hall–Kier alpha value is -2.05. The Morgan fingerprint density at radius 1 is 1.10 bits per heavy atom. The number of tetrazole rings is 1. The summed E-state index contributed by atoms with van der Waals surface area (Å²) in [6.45, 7) is 3.59. The Bertz CT molecular complexity index is 674. The zero-order valence-corrected chi connectivity index (χ0v) is 12.0. The first-order chi connectivity index (χ1) is 9.83. The van der Waals surface area contributed by atoms with Gasteiger partial charge in [0.05, 0.1) is 12.2 Å². The van der Waals surface area contributed by atoms with Crippen molar-refractivity contribution < 1.29 is 0 Å². The molecule has 0 atom stereocenters. The van der Waals surface area contributed by atoms with Crippen LogP contribution in [-0.4, -0.2) is 20.2 Å². The predicted molar refractivity (Wildman–Crippen MR) is 78.8 cm³/mol. The van der Waals surface area contributed by atoms with E-state index in [9.17, 15) is 0 Å². The third kappa shape index (κ3) is 2.92. The average Bonchev–Trinajstić information content (AvgIpc) is 3.09. The zero-order chi connectivity index (χ0) is 13.8. The molecule has 5 nitrogen and oxygen atoms in total. The van der Waals surface area contributed by atoms with Gasteiger partial charge in [0, 0.05) is 16.3 Å². The normalized spacial score (nSPS) is 10.8. The van der Waals surface area contributed by atoms with Crippen LogP contribution in [0, 0.1) is 6.92 Å². The van der Waals surface area contributed by atoms with Crippen molar-refractivity contribution in [3.63, 3.8) is 0 Å². The van der Waals surface area contributed by atoms with Gasteiger partial charge in [-0.2, -0.15) is 4.68 Å². The summed E-state index contributed by atoms with van der Waals surface area (Å²) in [4.78, 5) is 2.65. The largest absolute Gasteiger partial charge is 0.305 e. The molecule has 0 aliphatic heterocycles. The van der Waals surface area contributed by atoms with Crippen LogP contribution in [0.3, 0.4) is 0 Å². The molecule has 0 saturated heterocycles. The van der Waals surface area contributed by atoms with Gasteiger partial charge in [-0.1, -0.05) is 18.2 Å². The van der Waals surface area contributed by atoms with Crippen molar-refractivity contribution >= 4 is 11.3 Å². The van der Waals surface area contributed by atoms with Gasteiger partial charge < -0.3 is 5.32 Å². The Balaban J connectivity index is 1.65. The molecule has 0 radical (unpaired) electrons. The molecule has 20 heavy (non-hydrogen) atoms. The van der Waals surface area contributed by atoms with Crippen molar-refractivity contribution in [3.8, 4) is 5.69 Å². The molecule has 0 aliphatic carbocycles. The lowest BCUT2D eigenvalue weighted by molar-refractivity contribution is 0.646.